The van der Waals surface area contributed by atoms with Crippen molar-refractivity contribution in [3.63, 3.8) is 0 Å². The lowest BCUT2D eigenvalue weighted by Crippen LogP contribution is -2.32. The van der Waals surface area contributed by atoms with Crippen LogP contribution in [-0.2, 0) is 9.63 Å². The monoisotopic (exact) mass is 604 g/mol. The minimum atomic E-state index is -0.479. The van der Waals surface area contributed by atoms with Crippen molar-refractivity contribution in [3.05, 3.63) is 93.3 Å². The lowest BCUT2D eigenvalue weighted by Gasteiger charge is -2.16. The summed E-state index contributed by atoms with van der Waals surface area (Å²) in [7, 11) is 0. The fourth-order valence-electron chi connectivity index (χ4n) is 4.34. The Morgan fingerprint density at radius 2 is 1.68 bits per heavy atom. The van der Waals surface area contributed by atoms with Gasteiger partial charge in [0.15, 0.2) is 5.17 Å². The lowest BCUT2D eigenvalue weighted by molar-refractivity contribution is -0.122. The quantitative estimate of drug-likeness (QED) is 0.143. The van der Waals surface area contributed by atoms with Crippen molar-refractivity contribution in [2.75, 3.05) is 13.2 Å². The molecule has 1 aromatic heterocycles. The molecule has 6 rings (SSSR count). The topological polar surface area (TPSA) is 112 Å². The third-order valence-electron chi connectivity index (χ3n) is 6.36. The van der Waals surface area contributed by atoms with Crippen LogP contribution >= 0.6 is 34.7 Å². The van der Waals surface area contributed by atoms with E-state index in [9.17, 15) is 19.5 Å². The van der Waals surface area contributed by atoms with Gasteiger partial charge in [0.25, 0.3) is 17.7 Å². The summed E-state index contributed by atoms with van der Waals surface area (Å²) < 4.78 is 0.892. The van der Waals surface area contributed by atoms with Gasteiger partial charge in [-0.2, -0.15) is 4.99 Å². The van der Waals surface area contributed by atoms with E-state index in [4.69, 9.17) is 21.4 Å². The molecule has 2 aliphatic rings. The molecule has 1 saturated heterocycles. The molecule has 4 aromatic rings. The van der Waals surface area contributed by atoms with Gasteiger partial charge in [0.2, 0.25) is 5.13 Å². The number of hydrogen-bond donors (Lipinski definition) is 1. The second-order valence-electron chi connectivity index (χ2n) is 9.15. The molecule has 12 heteroatoms. The first-order valence-corrected chi connectivity index (χ1v) is 14.6. The zero-order chi connectivity index (χ0) is 28.5. The van der Waals surface area contributed by atoms with Crippen molar-refractivity contribution in [1.29, 1.82) is 0 Å². The summed E-state index contributed by atoms with van der Waals surface area (Å²) in [6, 6.07) is 18.6. The number of imide groups is 1. The molecular formula is C29H21ClN4O5S2. The van der Waals surface area contributed by atoms with E-state index < -0.39 is 11.8 Å². The number of benzene rings is 3. The SMILES string of the molecule is O=C1c2ccccc2C(=O)N1OCCCCN1C(=O)/C(=C/c2ccc(O)cc2)S/C1=N/c1nc2ccc(Cl)cc2s1. The van der Waals surface area contributed by atoms with Gasteiger partial charge in [-0.3, -0.25) is 24.1 Å². The normalized spacial score (nSPS) is 17.0. The van der Waals surface area contributed by atoms with Crippen molar-refractivity contribution in [2.45, 2.75) is 12.8 Å². The number of amidine groups is 1. The molecule has 206 valence electrons. The molecule has 0 spiro atoms. The number of unbranched alkanes of at least 4 members (excludes halogenated alkanes) is 1. The van der Waals surface area contributed by atoms with Crippen LogP contribution in [0.4, 0.5) is 5.13 Å². The maximum atomic E-state index is 13.4. The van der Waals surface area contributed by atoms with Crippen LogP contribution in [0.15, 0.2) is 76.6 Å². The molecule has 1 N–H and O–H groups in total. The number of carbonyl (C=O) groups excluding carboxylic acids is 3. The summed E-state index contributed by atoms with van der Waals surface area (Å²) in [4.78, 5) is 55.3. The van der Waals surface area contributed by atoms with Gasteiger partial charge in [0, 0.05) is 11.6 Å². The van der Waals surface area contributed by atoms with E-state index in [1.54, 1.807) is 65.6 Å². The van der Waals surface area contributed by atoms with E-state index in [0.717, 1.165) is 20.8 Å². The molecule has 1 fully saturated rings. The number of fused-ring (bicyclic) bond motifs is 2. The van der Waals surface area contributed by atoms with Crippen LogP contribution in [0, 0.1) is 0 Å². The van der Waals surface area contributed by atoms with Gasteiger partial charge in [0.1, 0.15) is 5.75 Å². The Morgan fingerprint density at radius 1 is 0.951 bits per heavy atom. The first-order valence-electron chi connectivity index (χ1n) is 12.6. The molecule has 3 amide bonds. The highest BCUT2D eigenvalue weighted by Crippen LogP contribution is 2.37. The number of phenolic OH excluding ortho intramolecular Hbond substituents is 1. The lowest BCUT2D eigenvalue weighted by atomic mass is 10.1. The zero-order valence-corrected chi connectivity index (χ0v) is 23.7. The number of rotatable bonds is 8. The molecule has 0 saturated carbocycles. The van der Waals surface area contributed by atoms with Gasteiger partial charge in [0.05, 0.1) is 32.9 Å². The molecule has 0 radical (unpaired) electrons. The Kier molecular flexibility index (Phi) is 7.59. The number of nitrogens with zero attached hydrogens (tertiary/aromatic N) is 4. The standard InChI is InChI=1S/C29H21ClN4O5S2/c30-18-9-12-22-23(16-18)40-28(31-22)32-29-33(27(38)24(41-29)15-17-7-10-19(35)11-8-17)13-3-4-14-39-34-25(36)20-5-1-2-6-21(20)26(34)37/h1-2,5-12,15-16,35H,3-4,13-14H2/b24-15-,32-29+. The maximum absolute atomic E-state index is 13.4. The van der Waals surface area contributed by atoms with Crippen molar-refractivity contribution in [2.24, 2.45) is 4.99 Å². The number of aromatic nitrogens is 1. The first-order chi connectivity index (χ1) is 19.9. The first kappa shape index (κ1) is 27.2. The van der Waals surface area contributed by atoms with Gasteiger partial charge in [-0.05, 0) is 78.7 Å². The van der Waals surface area contributed by atoms with Crippen LogP contribution in [0.1, 0.15) is 39.1 Å². The summed E-state index contributed by atoms with van der Waals surface area (Å²) in [5, 5.41) is 12.0. The molecular weight excluding hydrogens is 584 g/mol. The summed E-state index contributed by atoms with van der Waals surface area (Å²) in [6.45, 7) is 0.474. The van der Waals surface area contributed by atoms with E-state index in [1.807, 2.05) is 12.1 Å². The van der Waals surface area contributed by atoms with E-state index in [0.29, 0.717) is 50.7 Å². The Labute approximate surface area is 247 Å². The van der Waals surface area contributed by atoms with Crippen LogP contribution in [0.5, 0.6) is 5.75 Å². The highest BCUT2D eigenvalue weighted by molar-refractivity contribution is 8.18. The minimum Gasteiger partial charge on any atom is -0.508 e. The van der Waals surface area contributed by atoms with E-state index in [1.165, 1.54) is 23.1 Å². The van der Waals surface area contributed by atoms with Crippen molar-refractivity contribution in [1.82, 2.24) is 14.9 Å². The predicted molar refractivity (Wildman–Crippen MR) is 159 cm³/mol. The van der Waals surface area contributed by atoms with E-state index >= 15 is 0 Å². The van der Waals surface area contributed by atoms with Crippen LogP contribution in [-0.4, -0.2) is 56.1 Å². The Hall–Kier alpha value is -4.03. The molecule has 41 heavy (non-hydrogen) atoms. The number of carbonyl (C=O) groups is 3. The average molecular weight is 605 g/mol. The molecule has 0 atom stereocenters. The molecule has 0 bridgehead atoms. The third kappa shape index (κ3) is 5.62. The van der Waals surface area contributed by atoms with Crippen LogP contribution in [0.2, 0.25) is 5.02 Å². The Bertz CT molecular complexity index is 1720. The molecule has 3 heterocycles. The molecule has 3 aromatic carbocycles. The van der Waals surface area contributed by atoms with Crippen LogP contribution < -0.4 is 0 Å². The number of thioether (sulfide) groups is 1. The maximum Gasteiger partial charge on any atom is 0.285 e. The number of thiazole rings is 1. The fourth-order valence-corrected chi connectivity index (χ4v) is 6.52. The Morgan fingerprint density at radius 3 is 2.41 bits per heavy atom. The van der Waals surface area contributed by atoms with Crippen LogP contribution in [0.3, 0.4) is 0 Å². The predicted octanol–water partition coefficient (Wildman–Crippen LogP) is 6.27. The average Bonchev–Trinajstić information content (AvgIpc) is 3.57. The zero-order valence-electron chi connectivity index (χ0n) is 21.3. The van der Waals surface area contributed by atoms with Gasteiger partial charge < -0.3 is 5.11 Å². The van der Waals surface area contributed by atoms with Crippen molar-refractivity contribution < 1.29 is 24.3 Å². The van der Waals surface area contributed by atoms with Crippen molar-refractivity contribution >= 4 is 79.0 Å². The molecule has 0 unspecified atom stereocenters. The molecule has 9 nitrogen and oxygen atoms in total. The smallest absolute Gasteiger partial charge is 0.285 e. The summed E-state index contributed by atoms with van der Waals surface area (Å²) >= 11 is 8.75. The summed E-state index contributed by atoms with van der Waals surface area (Å²) in [5.74, 6) is -1.02. The minimum absolute atomic E-state index is 0.127. The third-order valence-corrected chi connectivity index (χ3v) is 8.52. The number of amides is 3. The Balaban J connectivity index is 1.16. The largest absolute Gasteiger partial charge is 0.508 e. The van der Waals surface area contributed by atoms with Crippen molar-refractivity contribution in [3.8, 4) is 5.75 Å². The summed E-state index contributed by atoms with van der Waals surface area (Å²) in [5.41, 5.74) is 2.18. The molecule has 2 aliphatic heterocycles. The molecule has 0 aliphatic carbocycles. The van der Waals surface area contributed by atoms with Gasteiger partial charge in [-0.25, -0.2) is 4.98 Å². The van der Waals surface area contributed by atoms with E-state index in [2.05, 4.69) is 4.98 Å². The number of hydrogen-bond acceptors (Lipinski definition) is 9. The highest BCUT2D eigenvalue weighted by atomic mass is 35.5. The number of halogens is 1. The van der Waals surface area contributed by atoms with E-state index in [-0.39, 0.29) is 18.3 Å². The second kappa shape index (κ2) is 11.5. The number of aliphatic imine (C=N–C) groups is 1. The number of aromatic hydroxyl groups is 1. The number of hydroxylamine groups is 2. The van der Waals surface area contributed by atoms with Crippen LogP contribution in [0.25, 0.3) is 16.3 Å². The van der Waals surface area contributed by atoms with Gasteiger partial charge >= 0.3 is 0 Å². The highest BCUT2D eigenvalue weighted by Gasteiger charge is 2.37. The second-order valence-corrected chi connectivity index (χ2v) is 11.6. The van der Waals surface area contributed by atoms with Gasteiger partial charge in [-0.1, -0.05) is 47.2 Å². The number of phenols is 1. The summed E-state index contributed by atoms with van der Waals surface area (Å²) in [6.07, 6.45) is 2.79. The van der Waals surface area contributed by atoms with Gasteiger partial charge in [-0.15, -0.1) is 5.06 Å². The fraction of sp³-hybridized carbons (Fsp3) is 0.138.